The highest BCUT2D eigenvalue weighted by Gasteiger charge is 2.53. The van der Waals surface area contributed by atoms with Gasteiger partial charge in [0.1, 0.15) is 0 Å². The van der Waals surface area contributed by atoms with Crippen molar-refractivity contribution in [3.05, 3.63) is 30.1 Å². The summed E-state index contributed by atoms with van der Waals surface area (Å²) >= 11 is 7.42. The van der Waals surface area contributed by atoms with Crippen LogP contribution in [0.15, 0.2) is 24.5 Å². The molecule has 4 atom stereocenters. The Morgan fingerprint density at radius 3 is 3.04 bits per heavy atom. The second kappa shape index (κ2) is 6.47. The van der Waals surface area contributed by atoms with Crippen molar-refractivity contribution in [2.45, 2.75) is 50.9 Å². The lowest BCUT2D eigenvalue weighted by molar-refractivity contribution is 0.0507. The minimum Gasteiger partial charge on any atom is -0.319 e. The van der Waals surface area contributed by atoms with Gasteiger partial charge in [0, 0.05) is 17.6 Å². The quantitative estimate of drug-likeness (QED) is 0.800. The molecule has 1 N–H and O–H groups in total. The van der Waals surface area contributed by atoms with Gasteiger partial charge in [-0.25, -0.2) is 0 Å². The third kappa shape index (κ3) is 3.65. The average Bonchev–Trinajstić information content (AvgIpc) is 2.76. The van der Waals surface area contributed by atoms with Crippen molar-refractivity contribution in [3.8, 4) is 0 Å². The number of hydrogen-bond donors (Lipinski definition) is 1. The fourth-order valence-electron chi connectivity index (χ4n) is 3.34. The van der Waals surface area contributed by atoms with E-state index in [1.165, 1.54) is 6.42 Å². The second-order valence-corrected chi connectivity index (χ2v) is 13.5. The lowest BCUT2D eigenvalue weighted by Gasteiger charge is -2.39. The number of pyridine rings is 1. The highest BCUT2D eigenvalue weighted by Crippen LogP contribution is 2.71. The van der Waals surface area contributed by atoms with Crippen molar-refractivity contribution in [3.63, 3.8) is 0 Å². The zero-order valence-electron chi connectivity index (χ0n) is 13.7. The Labute approximate surface area is 147 Å². The number of nitrogens with zero attached hydrogens (tertiary/aromatic N) is 1. The van der Waals surface area contributed by atoms with E-state index in [2.05, 4.69) is 30.8 Å². The molecule has 7 heteroatoms. The van der Waals surface area contributed by atoms with Gasteiger partial charge in [-0.1, -0.05) is 25.2 Å². The average molecular weight is 370 g/mol. The molecular formula is C16H23N2O2PS2. The van der Waals surface area contributed by atoms with Gasteiger partial charge in [-0.3, -0.25) is 14.9 Å². The van der Waals surface area contributed by atoms with Crippen LogP contribution in [-0.2, 0) is 16.3 Å². The molecule has 0 radical (unpaired) electrons. The van der Waals surface area contributed by atoms with Gasteiger partial charge in [0.05, 0.1) is 11.2 Å². The second-order valence-electron chi connectivity index (χ2n) is 6.96. The van der Waals surface area contributed by atoms with Crippen LogP contribution >= 0.6 is 17.0 Å². The zero-order valence-corrected chi connectivity index (χ0v) is 16.2. The molecule has 1 aliphatic carbocycles. The first-order chi connectivity index (χ1) is 10.8. The summed E-state index contributed by atoms with van der Waals surface area (Å²) in [4.78, 5) is 16.4. The molecule has 2 heterocycles. The predicted octanol–water partition coefficient (Wildman–Crippen LogP) is 4.38. The van der Waals surface area contributed by atoms with Crippen LogP contribution in [-0.4, -0.2) is 21.7 Å². The molecule has 1 aromatic heterocycles. The van der Waals surface area contributed by atoms with Gasteiger partial charge in [-0.2, -0.15) is 0 Å². The van der Waals surface area contributed by atoms with Crippen molar-refractivity contribution in [1.29, 1.82) is 0 Å². The third-order valence-corrected chi connectivity index (χ3v) is 10.6. The summed E-state index contributed by atoms with van der Waals surface area (Å²) in [7, 11) is 0. The van der Waals surface area contributed by atoms with Crippen molar-refractivity contribution >= 4 is 34.7 Å². The number of nitrogens with one attached hydrogen (secondary N) is 1. The number of hydrogen-bond acceptors (Lipinski definition) is 5. The summed E-state index contributed by atoms with van der Waals surface area (Å²) < 4.78 is 6.30. The maximum absolute atomic E-state index is 12.4. The first-order valence-electron chi connectivity index (χ1n) is 8.03. The van der Waals surface area contributed by atoms with Gasteiger partial charge in [0.25, 0.3) is 5.91 Å². The first kappa shape index (κ1) is 17.4. The van der Waals surface area contributed by atoms with Gasteiger partial charge in [-0.15, -0.1) is 0 Å². The van der Waals surface area contributed by atoms with Crippen LogP contribution in [0.25, 0.3) is 0 Å². The minimum atomic E-state index is -2.40. The largest absolute Gasteiger partial charge is 0.319 e. The normalized spacial score (nSPS) is 36.7. The molecule has 4 nitrogen and oxygen atoms in total. The molecule has 3 rings (SSSR count). The number of amides is 1. The van der Waals surface area contributed by atoms with Gasteiger partial charge in [0.2, 0.25) is 5.62 Å². The minimum absolute atomic E-state index is 0.184. The monoisotopic (exact) mass is 370 g/mol. The lowest BCUT2D eigenvalue weighted by Crippen LogP contribution is -2.41. The summed E-state index contributed by atoms with van der Waals surface area (Å²) in [6.07, 6.45) is 6.53. The fraction of sp³-hybridized carbons (Fsp3) is 0.625. The molecule has 2 aliphatic rings. The molecule has 0 spiro atoms. The van der Waals surface area contributed by atoms with E-state index in [0.29, 0.717) is 16.7 Å². The Morgan fingerprint density at radius 2 is 2.39 bits per heavy atom. The molecule has 126 valence electrons. The fourth-order valence-corrected chi connectivity index (χ4v) is 10.4. The summed E-state index contributed by atoms with van der Waals surface area (Å²) in [5, 5.41) is 3.36. The Kier molecular flexibility index (Phi) is 4.90. The summed E-state index contributed by atoms with van der Waals surface area (Å²) in [6, 6.07) is 3.49. The number of carbonyl (C=O) groups is 1. The molecule has 1 saturated heterocycles. The molecular weight excluding hydrogens is 347 g/mol. The summed E-state index contributed by atoms with van der Waals surface area (Å²) in [5.74, 6) is 1.22. The Morgan fingerprint density at radius 1 is 1.61 bits per heavy atom. The van der Waals surface area contributed by atoms with Crippen LogP contribution < -0.4 is 5.09 Å². The highest BCUT2D eigenvalue weighted by molar-refractivity contribution is 8.69. The Hall–Kier alpha value is -0.420. The third-order valence-electron chi connectivity index (χ3n) is 4.91. The summed E-state index contributed by atoms with van der Waals surface area (Å²) in [5.41, 5.74) is -2.07. The predicted molar refractivity (Wildman–Crippen MR) is 99.0 cm³/mol. The molecule has 2 fully saturated rings. The molecule has 1 saturated carbocycles. The molecule has 2 unspecified atom stereocenters. The topological polar surface area (TPSA) is 51.2 Å². The first-order valence-corrected chi connectivity index (χ1v) is 12.2. The molecule has 1 amide bonds. The van der Waals surface area contributed by atoms with E-state index in [9.17, 15) is 4.79 Å². The number of carbonyl (C=O) groups excluding carboxylic acids is 1. The van der Waals surface area contributed by atoms with Crippen LogP contribution in [0.1, 0.15) is 50.4 Å². The maximum Gasteiger partial charge on any atom is 0.258 e. The smallest absolute Gasteiger partial charge is 0.258 e. The van der Waals surface area contributed by atoms with E-state index in [1.54, 1.807) is 35.9 Å². The molecule has 0 bridgehead atoms. The Bertz CT molecular complexity index is 640. The van der Waals surface area contributed by atoms with E-state index in [1.807, 2.05) is 0 Å². The maximum atomic E-state index is 12.4. The van der Waals surface area contributed by atoms with Gasteiger partial charge in [0.15, 0.2) is 0 Å². The van der Waals surface area contributed by atoms with Gasteiger partial charge in [-0.05, 0) is 62.0 Å². The van der Waals surface area contributed by atoms with E-state index in [-0.39, 0.29) is 11.5 Å². The van der Waals surface area contributed by atoms with E-state index >= 15 is 0 Å². The molecule has 1 aliphatic heterocycles. The van der Waals surface area contributed by atoms with Crippen molar-refractivity contribution in [2.24, 2.45) is 11.8 Å². The molecule has 23 heavy (non-hydrogen) atoms. The van der Waals surface area contributed by atoms with E-state index in [0.717, 1.165) is 18.8 Å². The molecule has 1 aromatic rings. The highest BCUT2D eigenvalue weighted by atomic mass is 32.9. The zero-order chi connectivity index (χ0) is 16.7. The lowest BCUT2D eigenvalue weighted by atomic mass is 9.75. The number of fused-ring (bicyclic) bond motifs is 1. The van der Waals surface area contributed by atoms with Crippen molar-refractivity contribution in [2.75, 3.05) is 0 Å². The van der Waals surface area contributed by atoms with E-state index < -0.39 is 5.62 Å². The van der Waals surface area contributed by atoms with Gasteiger partial charge < -0.3 is 4.52 Å². The molecule has 0 aromatic carbocycles. The number of rotatable bonds is 3. The van der Waals surface area contributed by atoms with Crippen LogP contribution in [0.2, 0.25) is 0 Å². The van der Waals surface area contributed by atoms with Crippen LogP contribution in [0.5, 0.6) is 0 Å². The van der Waals surface area contributed by atoms with Gasteiger partial charge >= 0.3 is 0 Å². The van der Waals surface area contributed by atoms with E-state index in [4.69, 9.17) is 16.3 Å². The number of aromatic nitrogens is 1. The summed E-state index contributed by atoms with van der Waals surface area (Å²) in [6.45, 7) is 6.73. The van der Waals surface area contributed by atoms with Crippen LogP contribution in [0.4, 0.5) is 0 Å². The SMILES string of the molecule is CC(C)[C@H]1CC[C@@]2(C)OP(=S)(NC(=O)c3cccnc3)SC2C1. The Balaban J connectivity index is 1.72. The van der Waals surface area contributed by atoms with Crippen molar-refractivity contribution < 1.29 is 9.32 Å². The van der Waals surface area contributed by atoms with Crippen LogP contribution in [0.3, 0.4) is 0 Å². The van der Waals surface area contributed by atoms with Crippen molar-refractivity contribution in [1.82, 2.24) is 10.1 Å². The van der Waals surface area contributed by atoms with Crippen LogP contribution in [0, 0.1) is 11.8 Å². The standard InChI is InChI=1S/C16H23N2O2PS2/c1-11(2)12-6-7-16(3)14(9-12)23-21(22,20-16)18-15(19)13-5-4-8-17-10-13/h4-5,8,10-12,14H,6-7,9H2,1-3H3,(H,18,19,22)/t12-,14?,16+,21?/m0/s1.